The number of hydrogen-bond acceptors (Lipinski definition) is 3. The lowest BCUT2D eigenvalue weighted by Crippen LogP contribution is -2.00. The molecule has 3 nitrogen and oxygen atoms in total. The van der Waals surface area contributed by atoms with Crippen molar-refractivity contribution >= 4 is 38.9 Å². The third-order valence-corrected chi connectivity index (χ3v) is 5.49. The van der Waals surface area contributed by atoms with Gasteiger partial charge in [0, 0.05) is 14.9 Å². The van der Waals surface area contributed by atoms with Crippen LogP contribution >= 0.6 is 27.3 Å². The van der Waals surface area contributed by atoms with Crippen LogP contribution in [0.25, 0.3) is 10.4 Å². The minimum atomic E-state index is -0.968. The first-order chi connectivity index (χ1) is 9.34. The van der Waals surface area contributed by atoms with Gasteiger partial charge in [0.2, 0.25) is 0 Å². The van der Waals surface area contributed by atoms with Gasteiger partial charge in [-0.2, -0.15) is 0 Å². The molecule has 2 rings (SSSR count). The molecule has 0 spiro atoms. The average Bonchev–Trinajstić information content (AvgIpc) is 2.70. The van der Waals surface area contributed by atoms with Crippen LogP contribution in [-0.2, 0) is 0 Å². The fourth-order valence-electron chi connectivity index (χ4n) is 2.21. The zero-order chi connectivity index (χ0) is 15.0. The molecule has 0 bridgehead atoms. The number of benzene rings is 1. The topological polar surface area (TPSA) is 63.3 Å². The van der Waals surface area contributed by atoms with E-state index in [0.717, 1.165) is 26.0 Å². The number of hydrogen-bond donors (Lipinski definition) is 2. The molecule has 1 aromatic carbocycles. The number of halogens is 1. The van der Waals surface area contributed by atoms with E-state index in [1.165, 1.54) is 11.3 Å². The maximum atomic E-state index is 11.3. The third kappa shape index (κ3) is 2.47. The standard InChI is InChI=1S/C15H16BrNO2S/c1-7(2)10-12(17)14(15(18)19)20-13(10)9-6-4-5-8(3)11(9)16/h4-7H,17H2,1-3H3,(H,18,19). The van der Waals surface area contributed by atoms with Crippen LogP contribution in [0.15, 0.2) is 22.7 Å². The largest absolute Gasteiger partial charge is 0.477 e. The Bertz CT molecular complexity index is 677. The van der Waals surface area contributed by atoms with Crippen molar-refractivity contribution in [2.24, 2.45) is 0 Å². The van der Waals surface area contributed by atoms with Crippen LogP contribution in [0.4, 0.5) is 5.69 Å². The van der Waals surface area contributed by atoms with Crippen molar-refractivity contribution in [3.8, 4) is 10.4 Å². The van der Waals surface area contributed by atoms with E-state index in [2.05, 4.69) is 15.9 Å². The number of carbonyl (C=O) groups is 1. The quantitative estimate of drug-likeness (QED) is 0.825. The van der Waals surface area contributed by atoms with Gasteiger partial charge in [0.05, 0.1) is 5.69 Å². The minimum absolute atomic E-state index is 0.168. The highest BCUT2D eigenvalue weighted by Crippen LogP contribution is 2.45. The summed E-state index contributed by atoms with van der Waals surface area (Å²) in [5.74, 6) is -0.800. The SMILES string of the molecule is Cc1cccc(-c2sc(C(=O)O)c(N)c2C(C)C)c1Br. The van der Waals surface area contributed by atoms with Gasteiger partial charge >= 0.3 is 5.97 Å². The number of thiophene rings is 1. The molecule has 1 heterocycles. The average molecular weight is 354 g/mol. The van der Waals surface area contributed by atoms with E-state index >= 15 is 0 Å². The number of carboxylic acids is 1. The Kier molecular flexibility index (Phi) is 4.20. The molecule has 3 N–H and O–H groups in total. The summed E-state index contributed by atoms with van der Waals surface area (Å²) in [7, 11) is 0. The van der Waals surface area contributed by atoms with E-state index in [1.807, 2.05) is 39.0 Å². The van der Waals surface area contributed by atoms with Crippen LogP contribution in [0.1, 0.15) is 40.6 Å². The summed E-state index contributed by atoms with van der Waals surface area (Å²) in [6, 6.07) is 5.97. The molecule has 0 aliphatic carbocycles. The Morgan fingerprint density at radius 2 is 2.05 bits per heavy atom. The van der Waals surface area contributed by atoms with Gasteiger partial charge in [0.15, 0.2) is 0 Å². The normalized spacial score (nSPS) is 11.1. The maximum Gasteiger partial charge on any atom is 0.348 e. The zero-order valence-electron chi connectivity index (χ0n) is 11.5. The first kappa shape index (κ1) is 15.1. The Morgan fingerprint density at radius 1 is 1.40 bits per heavy atom. The summed E-state index contributed by atoms with van der Waals surface area (Å²) in [5, 5.41) is 9.27. The van der Waals surface area contributed by atoms with Crippen molar-refractivity contribution in [3.05, 3.63) is 38.7 Å². The summed E-state index contributed by atoms with van der Waals surface area (Å²) in [6.45, 7) is 6.06. The van der Waals surface area contributed by atoms with Gasteiger partial charge in [-0.1, -0.05) is 32.0 Å². The van der Waals surface area contributed by atoms with Gasteiger partial charge in [-0.15, -0.1) is 11.3 Å². The van der Waals surface area contributed by atoms with E-state index in [-0.39, 0.29) is 10.8 Å². The highest BCUT2D eigenvalue weighted by atomic mass is 79.9. The van der Waals surface area contributed by atoms with Gasteiger partial charge in [-0.25, -0.2) is 4.79 Å². The second-order valence-corrected chi connectivity index (χ2v) is 6.80. The summed E-state index contributed by atoms with van der Waals surface area (Å²) in [4.78, 5) is 12.5. The Balaban J connectivity index is 2.76. The Morgan fingerprint density at radius 3 is 2.60 bits per heavy atom. The van der Waals surface area contributed by atoms with Gasteiger partial charge in [-0.05, 0) is 39.9 Å². The Labute approximate surface area is 130 Å². The molecule has 2 aromatic rings. The molecule has 0 aliphatic heterocycles. The molecular weight excluding hydrogens is 338 g/mol. The van der Waals surface area contributed by atoms with E-state index < -0.39 is 5.97 Å². The van der Waals surface area contributed by atoms with E-state index in [0.29, 0.717) is 5.69 Å². The number of anilines is 1. The predicted octanol–water partition coefficient (Wildman–Crippen LogP) is 4.89. The van der Waals surface area contributed by atoms with Crippen LogP contribution in [0.2, 0.25) is 0 Å². The number of aromatic carboxylic acids is 1. The molecule has 0 aliphatic rings. The van der Waals surface area contributed by atoms with Gasteiger partial charge in [-0.3, -0.25) is 0 Å². The summed E-state index contributed by atoms with van der Waals surface area (Å²) in [5.41, 5.74) is 9.46. The maximum absolute atomic E-state index is 11.3. The molecule has 0 amide bonds. The van der Waals surface area contributed by atoms with Crippen molar-refractivity contribution in [2.75, 3.05) is 5.73 Å². The summed E-state index contributed by atoms with van der Waals surface area (Å²) < 4.78 is 0.986. The van der Waals surface area contributed by atoms with Crippen LogP contribution in [0.5, 0.6) is 0 Å². The highest BCUT2D eigenvalue weighted by molar-refractivity contribution is 9.10. The second-order valence-electron chi connectivity index (χ2n) is 4.98. The van der Waals surface area contributed by atoms with Gasteiger partial charge < -0.3 is 10.8 Å². The first-order valence-electron chi connectivity index (χ1n) is 6.25. The lowest BCUT2D eigenvalue weighted by atomic mass is 9.97. The first-order valence-corrected chi connectivity index (χ1v) is 7.86. The number of nitrogen functional groups attached to an aromatic ring is 1. The minimum Gasteiger partial charge on any atom is -0.477 e. The molecule has 0 atom stereocenters. The second kappa shape index (κ2) is 5.58. The van der Waals surface area contributed by atoms with Gasteiger partial charge in [0.25, 0.3) is 0 Å². The van der Waals surface area contributed by atoms with Crippen molar-refractivity contribution in [1.29, 1.82) is 0 Å². The van der Waals surface area contributed by atoms with E-state index in [1.54, 1.807) is 0 Å². The predicted molar refractivity (Wildman–Crippen MR) is 87.7 cm³/mol. The van der Waals surface area contributed by atoms with Crippen LogP contribution < -0.4 is 5.73 Å². The highest BCUT2D eigenvalue weighted by Gasteiger charge is 2.24. The smallest absolute Gasteiger partial charge is 0.348 e. The molecule has 0 saturated heterocycles. The number of rotatable bonds is 3. The molecule has 1 aromatic heterocycles. The number of nitrogens with two attached hydrogens (primary N) is 1. The van der Waals surface area contributed by atoms with Gasteiger partial charge in [0.1, 0.15) is 4.88 Å². The van der Waals surface area contributed by atoms with Crippen molar-refractivity contribution in [1.82, 2.24) is 0 Å². The van der Waals surface area contributed by atoms with Crippen molar-refractivity contribution < 1.29 is 9.90 Å². The molecule has 20 heavy (non-hydrogen) atoms. The fourth-order valence-corrected chi connectivity index (χ4v) is 4.05. The molecule has 0 unspecified atom stereocenters. The van der Waals surface area contributed by atoms with Crippen LogP contribution in [0, 0.1) is 6.92 Å². The van der Waals surface area contributed by atoms with E-state index in [9.17, 15) is 9.90 Å². The fraction of sp³-hybridized carbons (Fsp3) is 0.267. The molecule has 0 radical (unpaired) electrons. The number of aryl methyl sites for hydroxylation is 1. The molecule has 0 fully saturated rings. The van der Waals surface area contributed by atoms with Crippen molar-refractivity contribution in [2.45, 2.75) is 26.7 Å². The molecule has 5 heteroatoms. The summed E-state index contributed by atoms with van der Waals surface area (Å²) >= 11 is 4.83. The lowest BCUT2D eigenvalue weighted by Gasteiger charge is -2.11. The molecule has 106 valence electrons. The monoisotopic (exact) mass is 353 g/mol. The number of carboxylic acid groups (broad SMARTS) is 1. The molecular formula is C15H16BrNO2S. The van der Waals surface area contributed by atoms with Crippen LogP contribution in [0.3, 0.4) is 0 Å². The Hall–Kier alpha value is -1.33. The zero-order valence-corrected chi connectivity index (χ0v) is 13.9. The third-order valence-electron chi connectivity index (χ3n) is 3.19. The van der Waals surface area contributed by atoms with Crippen molar-refractivity contribution in [3.63, 3.8) is 0 Å². The van der Waals surface area contributed by atoms with E-state index in [4.69, 9.17) is 5.73 Å². The van der Waals surface area contributed by atoms with Crippen LogP contribution in [-0.4, -0.2) is 11.1 Å². The molecule has 0 saturated carbocycles. The summed E-state index contributed by atoms with van der Waals surface area (Å²) in [6.07, 6.45) is 0. The lowest BCUT2D eigenvalue weighted by molar-refractivity contribution is 0.0703.